The first kappa shape index (κ1) is 53.0. The third kappa shape index (κ3) is 13.1. The van der Waals surface area contributed by atoms with E-state index in [9.17, 15) is 53.7 Å². The number of nitrogens with one attached hydrogen (secondary N) is 5. The van der Waals surface area contributed by atoms with Crippen LogP contribution in [0, 0.1) is 17.3 Å². The van der Waals surface area contributed by atoms with E-state index in [-0.39, 0.29) is 19.4 Å². The number of amides is 6. The molecular formula is C51H63N7O13. The zero-order valence-electron chi connectivity index (χ0n) is 40.3. The molecule has 380 valence electrons. The normalized spacial score (nSPS) is 21.6. The molecule has 3 fully saturated rings. The number of aliphatic carboxylic acids is 3. The minimum atomic E-state index is -1.63. The Kier molecular flexibility index (Phi) is 16.8. The number of ether oxygens (including phenoxy) is 1. The average Bonchev–Trinajstić information content (AvgIpc) is 3.89. The number of pyridine rings is 1. The molecule has 3 aliphatic rings. The van der Waals surface area contributed by atoms with Crippen molar-refractivity contribution >= 4 is 64.3 Å². The van der Waals surface area contributed by atoms with Gasteiger partial charge in [-0.2, -0.15) is 0 Å². The highest BCUT2D eigenvalue weighted by Crippen LogP contribution is 2.45. The van der Waals surface area contributed by atoms with E-state index in [1.165, 1.54) is 11.0 Å². The molecule has 2 unspecified atom stereocenters. The Bertz CT molecular complexity index is 2530. The number of aromatic nitrogens is 1. The highest BCUT2D eigenvalue weighted by atomic mass is 16.5. The summed E-state index contributed by atoms with van der Waals surface area (Å²) in [5.41, 5.74) is -0.612. The van der Waals surface area contributed by atoms with Gasteiger partial charge in [0.1, 0.15) is 47.6 Å². The molecular weight excluding hydrogens is 919 g/mol. The van der Waals surface area contributed by atoms with Crippen molar-refractivity contribution in [2.75, 3.05) is 6.54 Å². The first-order valence-corrected chi connectivity index (χ1v) is 23.8. The summed E-state index contributed by atoms with van der Waals surface area (Å²) in [6.07, 6.45) is 2.00. The van der Waals surface area contributed by atoms with E-state index in [0.717, 1.165) is 18.9 Å². The Morgan fingerprint density at radius 1 is 0.845 bits per heavy atom. The SMILES string of the molecule is C=CC1C[C@]1(NC(=O)[C@@H]1C[C@@H](Oc2cc(-c3ccccc3)nc3ccccc23)CN1C(=O)[C@@H](NC(=O)[C@@H](NC(=O)[C@@H](CCC(=O)O)NC(=O)C(CC(=O)O)NC(C)=O)C1CCCCC1)C(C)(C)C)C(=O)O. The molecule has 8 atom stereocenters. The minimum Gasteiger partial charge on any atom is -0.488 e. The van der Waals surface area contributed by atoms with Gasteiger partial charge in [-0.05, 0) is 49.1 Å². The van der Waals surface area contributed by atoms with Crippen LogP contribution in [0.15, 0.2) is 73.3 Å². The topological polar surface area (TPSA) is 300 Å². The van der Waals surface area contributed by atoms with E-state index < -0.39 is 132 Å². The number of carbonyl (C=O) groups is 9. The molecule has 0 radical (unpaired) electrons. The van der Waals surface area contributed by atoms with Gasteiger partial charge in [-0.25, -0.2) is 9.78 Å². The number of rotatable bonds is 21. The van der Waals surface area contributed by atoms with E-state index in [2.05, 4.69) is 33.2 Å². The molecule has 1 saturated heterocycles. The molecule has 6 amide bonds. The lowest BCUT2D eigenvalue weighted by Gasteiger charge is -2.38. The second kappa shape index (κ2) is 22.6. The van der Waals surface area contributed by atoms with Crippen LogP contribution in [0.3, 0.4) is 0 Å². The molecule has 8 N–H and O–H groups in total. The molecule has 0 bridgehead atoms. The molecule has 3 aromatic rings. The predicted octanol–water partition coefficient (Wildman–Crippen LogP) is 3.32. The predicted molar refractivity (Wildman–Crippen MR) is 257 cm³/mol. The van der Waals surface area contributed by atoms with Crippen LogP contribution in [-0.4, -0.2) is 127 Å². The van der Waals surface area contributed by atoms with Gasteiger partial charge < -0.3 is 51.5 Å². The van der Waals surface area contributed by atoms with Crippen LogP contribution < -0.4 is 31.3 Å². The maximum atomic E-state index is 15.2. The van der Waals surface area contributed by atoms with Crippen molar-refractivity contribution in [2.24, 2.45) is 17.3 Å². The van der Waals surface area contributed by atoms with E-state index in [0.29, 0.717) is 48.0 Å². The van der Waals surface area contributed by atoms with Gasteiger partial charge in [0.05, 0.1) is 24.2 Å². The van der Waals surface area contributed by atoms with Gasteiger partial charge in [0.2, 0.25) is 35.4 Å². The molecule has 20 nitrogen and oxygen atoms in total. The third-order valence-electron chi connectivity index (χ3n) is 13.4. The van der Waals surface area contributed by atoms with Gasteiger partial charge in [-0.3, -0.25) is 38.4 Å². The summed E-state index contributed by atoms with van der Waals surface area (Å²) in [4.78, 5) is 126. The summed E-state index contributed by atoms with van der Waals surface area (Å²) in [5, 5.41) is 42.7. The number of hydrogen-bond acceptors (Lipinski definition) is 11. The molecule has 2 aromatic carbocycles. The number of carboxylic acids is 3. The molecule has 6 rings (SSSR count). The zero-order chi connectivity index (χ0) is 51.8. The molecule has 2 heterocycles. The summed E-state index contributed by atoms with van der Waals surface area (Å²) in [6.45, 7) is 9.75. The Morgan fingerprint density at radius 3 is 2.11 bits per heavy atom. The van der Waals surface area contributed by atoms with Crippen LogP contribution in [0.25, 0.3) is 22.2 Å². The van der Waals surface area contributed by atoms with Gasteiger partial charge in [0.15, 0.2) is 0 Å². The molecule has 71 heavy (non-hydrogen) atoms. The molecule has 1 aliphatic heterocycles. The fourth-order valence-electron chi connectivity index (χ4n) is 9.47. The van der Waals surface area contributed by atoms with Crippen molar-refractivity contribution in [2.45, 2.75) is 134 Å². The van der Waals surface area contributed by atoms with Crippen LogP contribution in [0.4, 0.5) is 0 Å². The Labute approximate surface area is 410 Å². The van der Waals surface area contributed by atoms with Crippen molar-refractivity contribution in [3.8, 4) is 17.0 Å². The second-order valence-electron chi connectivity index (χ2n) is 19.7. The number of para-hydroxylation sites is 1. The molecule has 0 spiro atoms. The second-order valence-corrected chi connectivity index (χ2v) is 19.7. The van der Waals surface area contributed by atoms with E-state index in [4.69, 9.17) is 9.72 Å². The minimum absolute atomic E-state index is 0.0619. The monoisotopic (exact) mass is 981 g/mol. The van der Waals surface area contributed by atoms with Gasteiger partial charge in [0.25, 0.3) is 0 Å². The van der Waals surface area contributed by atoms with Crippen molar-refractivity contribution in [3.05, 3.63) is 73.3 Å². The van der Waals surface area contributed by atoms with Gasteiger partial charge >= 0.3 is 17.9 Å². The quantitative estimate of drug-likeness (QED) is 0.0711. The Balaban J connectivity index is 1.31. The lowest BCUT2D eigenvalue weighted by Crippen LogP contribution is -2.63. The summed E-state index contributed by atoms with van der Waals surface area (Å²) in [7, 11) is 0. The standard InChI is InChI=1S/C51H63N7O13/c1-6-31-26-51(31,49(69)70)57-46(66)38-23-32(71-39-24-36(29-15-9-7-10-16-29)53-34-20-14-13-19-33(34)39)27-58(38)48(68)43(50(3,4)5)56-47(67)42(30-17-11-8-12-18-30)55-44(64)35(21-22-40(60)61)54-45(65)37(25-41(62)63)52-28(2)59/h6-7,9-10,13-16,19-20,24,30-32,35,37-38,42-43H,1,8,11-12,17-18,21-23,25-27H2,2-5H3,(H,52,59)(H,54,65)(H,55,64)(H,56,67)(H,57,66)(H,60,61)(H,62,63)(H,69,70)/t31?,32-,35-,37?,38+,42+,43-,51-/m1/s1. The summed E-state index contributed by atoms with van der Waals surface area (Å²) < 4.78 is 6.69. The lowest BCUT2D eigenvalue weighted by atomic mass is 9.82. The first-order chi connectivity index (χ1) is 33.6. The van der Waals surface area contributed by atoms with Crippen molar-refractivity contribution < 1.29 is 63.2 Å². The number of hydrogen-bond donors (Lipinski definition) is 8. The van der Waals surface area contributed by atoms with E-state index >= 15 is 4.79 Å². The number of carbonyl (C=O) groups excluding carboxylic acids is 6. The fourth-order valence-corrected chi connectivity index (χ4v) is 9.47. The van der Waals surface area contributed by atoms with Crippen LogP contribution in [0.1, 0.15) is 91.9 Å². The van der Waals surface area contributed by atoms with E-state index in [1.54, 1.807) is 26.8 Å². The van der Waals surface area contributed by atoms with Gasteiger partial charge in [-0.1, -0.05) is 88.6 Å². The lowest BCUT2D eigenvalue weighted by molar-refractivity contribution is -0.147. The highest BCUT2D eigenvalue weighted by Gasteiger charge is 2.61. The van der Waals surface area contributed by atoms with Crippen LogP contribution in [-0.2, 0) is 43.2 Å². The largest absolute Gasteiger partial charge is 0.488 e. The number of fused-ring (bicyclic) bond motifs is 1. The Hall–Kier alpha value is -7.38. The average molecular weight is 982 g/mol. The maximum absolute atomic E-state index is 15.2. The third-order valence-corrected chi connectivity index (χ3v) is 13.4. The van der Waals surface area contributed by atoms with E-state index in [1.807, 2.05) is 54.6 Å². The number of carboxylic acid groups (broad SMARTS) is 3. The van der Waals surface area contributed by atoms with Gasteiger partial charge in [0, 0.05) is 42.7 Å². The summed E-state index contributed by atoms with van der Waals surface area (Å²) >= 11 is 0. The summed E-state index contributed by atoms with van der Waals surface area (Å²) in [5.74, 6) is -9.56. The molecule has 20 heteroatoms. The number of likely N-dealkylation sites (tertiary alicyclic amines) is 1. The molecule has 1 aromatic heterocycles. The summed E-state index contributed by atoms with van der Waals surface area (Å²) in [6, 6.07) is 11.4. The van der Waals surface area contributed by atoms with Crippen molar-refractivity contribution in [1.29, 1.82) is 0 Å². The smallest absolute Gasteiger partial charge is 0.330 e. The first-order valence-electron chi connectivity index (χ1n) is 23.8. The van der Waals surface area contributed by atoms with Gasteiger partial charge in [-0.15, -0.1) is 6.58 Å². The van der Waals surface area contributed by atoms with Crippen LogP contribution >= 0.6 is 0 Å². The molecule has 2 aliphatic carbocycles. The Morgan fingerprint density at radius 2 is 1.51 bits per heavy atom. The van der Waals surface area contributed by atoms with Crippen molar-refractivity contribution in [3.63, 3.8) is 0 Å². The number of nitrogens with zero attached hydrogens (tertiary/aromatic N) is 2. The molecule has 2 saturated carbocycles. The van der Waals surface area contributed by atoms with Crippen molar-refractivity contribution in [1.82, 2.24) is 36.5 Å². The highest BCUT2D eigenvalue weighted by molar-refractivity contribution is 5.99. The maximum Gasteiger partial charge on any atom is 0.330 e. The fraction of sp³-hybridized carbons (Fsp3) is 0.490. The number of benzene rings is 2. The van der Waals surface area contributed by atoms with Crippen LogP contribution in [0.2, 0.25) is 0 Å². The van der Waals surface area contributed by atoms with Crippen LogP contribution in [0.5, 0.6) is 5.75 Å². The zero-order valence-corrected chi connectivity index (χ0v) is 40.3.